The van der Waals surface area contributed by atoms with E-state index in [1.165, 1.54) is 34.4 Å². The van der Waals surface area contributed by atoms with Crippen LogP contribution in [0.2, 0.25) is 5.02 Å². The Hall–Kier alpha value is -3.03. The van der Waals surface area contributed by atoms with Crippen LogP contribution < -0.4 is 10.9 Å². The van der Waals surface area contributed by atoms with Crippen LogP contribution in [0.5, 0.6) is 0 Å². The van der Waals surface area contributed by atoms with Gasteiger partial charge in [-0.05, 0) is 29.8 Å². The van der Waals surface area contributed by atoms with Crippen LogP contribution in [-0.2, 0) is 11.3 Å². The van der Waals surface area contributed by atoms with Crippen molar-refractivity contribution < 1.29 is 9.18 Å². The van der Waals surface area contributed by atoms with Crippen LogP contribution in [0.25, 0.3) is 21.3 Å². The van der Waals surface area contributed by atoms with Crippen LogP contribution in [0.4, 0.5) is 10.1 Å². The van der Waals surface area contributed by atoms with Crippen LogP contribution in [0.1, 0.15) is 6.42 Å². The zero-order chi connectivity index (χ0) is 20.4. The van der Waals surface area contributed by atoms with Gasteiger partial charge in [0.05, 0.1) is 22.4 Å². The Morgan fingerprint density at radius 2 is 1.93 bits per heavy atom. The molecular weight excluding hydrogens is 413 g/mol. The highest BCUT2D eigenvalue weighted by Gasteiger charge is 2.14. The highest BCUT2D eigenvalue weighted by molar-refractivity contribution is 7.17. The maximum atomic E-state index is 13.2. The van der Waals surface area contributed by atoms with Gasteiger partial charge in [0.15, 0.2) is 0 Å². The van der Waals surface area contributed by atoms with Crippen LogP contribution in [0.15, 0.2) is 65.0 Å². The van der Waals surface area contributed by atoms with Gasteiger partial charge in [-0.2, -0.15) is 0 Å². The molecule has 0 saturated heterocycles. The van der Waals surface area contributed by atoms with Crippen molar-refractivity contribution in [2.24, 2.45) is 0 Å². The Balaban J connectivity index is 1.57. The number of nitrogens with one attached hydrogen (secondary N) is 1. The summed E-state index contributed by atoms with van der Waals surface area (Å²) in [4.78, 5) is 30.2. The quantitative estimate of drug-likeness (QED) is 0.490. The molecule has 146 valence electrons. The van der Waals surface area contributed by atoms with Crippen molar-refractivity contribution in [3.8, 4) is 11.1 Å². The van der Waals surface area contributed by atoms with Crippen LogP contribution in [-0.4, -0.2) is 15.5 Å². The minimum absolute atomic E-state index is 0.0916. The fourth-order valence-corrected chi connectivity index (χ4v) is 4.06. The molecule has 5 nitrogen and oxygen atoms in total. The lowest BCUT2D eigenvalue weighted by molar-refractivity contribution is -0.116. The van der Waals surface area contributed by atoms with E-state index in [1.807, 2.05) is 5.38 Å². The lowest BCUT2D eigenvalue weighted by Gasteiger charge is -2.08. The SMILES string of the molecule is O=C(CCn1cnc2scc(-c3ccc(F)cc3)c2c1=O)Nc1ccccc1Cl. The molecule has 2 aromatic heterocycles. The normalized spacial score (nSPS) is 11.0. The number of thiophene rings is 1. The Labute approximate surface area is 174 Å². The number of carbonyl (C=O) groups is 1. The first kappa shape index (κ1) is 19.3. The van der Waals surface area contributed by atoms with Crippen LogP contribution in [0, 0.1) is 5.82 Å². The zero-order valence-corrected chi connectivity index (χ0v) is 16.6. The number of hydrogen-bond acceptors (Lipinski definition) is 4. The van der Waals surface area contributed by atoms with E-state index in [2.05, 4.69) is 10.3 Å². The standard InChI is InChI=1S/C21H15ClFN3O2S/c22-16-3-1-2-4-17(16)25-18(27)9-10-26-12-24-20-19(21(26)28)15(11-29-20)13-5-7-14(23)8-6-13/h1-8,11-12H,9-10H2,(H,25,27). The zero-order valence-electron chi connectivity index (χ0n) is 15.1. The predicted molar refractivity (Wildman–Crippen MR) is 114 cm³/mol. The van der Waals surface area contributed by atoms with E-state index in [0.29, 0.717) is 26.5 Å². The minimum atomic E-state index is -0.339. The molecule has 0 bridgehead atoms. The molecule has 4 aromatic rings. The molecule has 0 unspecified atom stereocenters. The van der Waals surface area contributed by atoms with Gasteiger partial charge in [0.25, 0.3) is 5.56 Å². The first-order valence-corrected chi connectivity index (χ1v) is 10.1. The lowest BCUT2D eigenvalue weighted by atomic mass is 10.1. The fraction of sp³-hybridized carbons (Fsp3) is 0.0952. The molecule has 1 N–H and O–H groups in total. The summed E-state index contributed by atoms with van der Waals surface area (Å²) in [5.74, 6) is -0.595. The molecule has 2 heterocycles. The van der Waals surface area contributed by atoms with Crippen LogP contribution in [0.3, 0.4) is 0 Å². The molecular formula is C21H15ClFN3O2S. The Morgan fingerprint density at radius 1 is 1.17 bits per heavy atom. The number of nitrogens with zero attached hydrogens (tertiary/aromatic N) is 2. The summed E-state index contributed by atoms with van der Waals surface area (Å²) in [6.45, 7) is 0.177. The first-order chi connectivity index (χ1) is 14.0. The molecule has 2 aromatic carbocycles. The highest BCUT2D eigenvalue weighted by Crippen LogP contribution is 2.30. The highest BCUT2D eigenvalue weighted by atomic mass is 35.5. The van der Waals surface area contributed by atoms with Gasteiger partial charge >= 0.3 is 0 Å². The molecule has 0 spiro atoms. The van der Waals surface area contributed by atoms with Gasteiger partial charge in [-0.3, -0.25) is 14.2 Å². The Morgan fingerprint density at radius 3 is 2.69 bits per heavy atom. The van der Waals surface area contributed by atoms with Gasteiger partial charge in [0.1, 0.15) is 10.6 Å². The molecule has 0 aliphatic rings. The summed E-state index contributed by atoms with van der Waals surface area (Å²) in [5.41, 5.74) is 1.74. The number of rotatable bonds is 5. The van der Waals surface area contributed by atoms with Crippen molar-refractivity contribution in [3.05, 3.63) is 81.4 Å². The van der Waals surface area contributed by atoms with E-state index >= 15 is 0 Å². The van der Waals surface area contributed by atoms with Crippen molar-refractivity contribution >= 4 is 44.7 Å². The Kier molecular flexibility index (Phi) is 5.42. The van der Waals surface area contributed by atoms with E-state index in [9.17, 15) is 14.0 Å². The van der Waals surface area contributed by atoms with E-state index in [1.54, 1.807) is 36.4 Å². The second-order valence-electron chi connectivity index (χ2n) is 6.36. The maximum Gasteiger partial charge on any atom is 0.262 e. The third-order valence-corrected chi connectivity index (χ3v) is 5.66. The molecule has 8 heteroatoms. The van der Waals surface area contributed by atoms with E-state index in [4.69, 9.17) is 11.6 Å². The van der Waals surface area contributed by atoms with Gasteiger partial charge in [-0.25, -0.2) is 9.37 Å². The number of fused-ring (bicyclic) bond motifs is 1. The molecule has 0 radical (unpaired) electrons. The molecule has 29 heavy (non-hydrogen) atoms. The molecule has 0 saturated carbocycles. The number of halogens is 2. The number of carbonyl (C=O) groups excluding carboxylic acids is 1. The molecule has 4 rings (SSSR count). The van der Waals surface area contributed by atoms with Crippen molar-refractivity contribution in [1.29, 1.82) is 0 Å². The number of benzene rings is 2. The number of anilines is 1. The number of para-hydroxylation sites is 1. The van der Waals surface area contributed by atoms with Crippen LogP contribution >= 0.6 is 22.9 Å². The van der Waals surface area contributed by atoms with E-state index in [0.717, 1.165) is 5.56 Å². The maximum absolute atomic E-state index is 13.2. The summed E-state index contributed by atoms with van der Waals surface area (Å²) in [6.07, 6.45) is 1.53. The Bertz CT molecular complexity index is 1250. The second-order valence-corrected chi connectivity index (χ2v) is 7.62. The summed E-state index contributed by atoms with van der Waals surface area (Å²) in [5, 5.41) is 5.48. The second kappa shape index (κ2) is 8.14. The van der Waals surface area contributed by atoms with E-state index in [-0.39, 0.29) is 30.2 Å². The van der Waals surface area contributed by atoms with Gasteiger partial charge in [0.2, 0.25) is 5.91 Å². The third kappa shape index (κ3) is 4.06. The summed E-state index contributed by atoms with van der Waals surface area (Å²) >= 11 is 7.40. The summed E-state index contributed by atoms with van der Waals surface area (Å²) < 4.78 is 14.6. The van der Waals surface area contributed by atoms with Crippen molar-refractivity contribution in [2.45, 2.75) is 13.0 Å². The molecule has 0 fully saturated rings. The number of amides is 1. The molecule has 0 atom stereocenters. The first-order valence-electron chi connectivity index (χ1n) is 8.80. The van der Waals surface area contributed by atoms with Gasteiger partial charge in [-0.1, -0.05) is 35.9 Å². The van der Waals surface area contributed by atoms with Crippen molar-refractivity contribution in [3.63, 3.8) is 0 Å². The molecule has 1 amide bonds. The molecule has 0 aliphatic carbocycles. The monoisotopic (exact) mass is 427 g/mol. The average Bonchev–Trinajstić information content (AvgIpc) is 3.15. The lowest BCUT2D eigenvalue weighted by Crippen LogP contribution is -2.23. The largest absolute Gasteiger partial charge is 0.325 e. The number of aromatic nitrogens is 2. The van der Waals surface area contributed by atoms with Crippen molar-refractivity contribution in [1.82, 2.24) is 9.55 Å². The smallest absolute Gasteiger partial charge is 0.262 e. The van der Waals surface area contributed by atoms with Crippen molar-refractivity contribution in [2.75, 3.05) is 5.32 Å². The topological polar surface area (TPSA) is 64.0 Å². The summed E-state index contributed by atoms with van der Waals surface area (Å²) in [6, 6.07) is 12.9. The predicted octanol–water partition coefficient (Wildman–Crippen LogP) is 4.95. The molecule has 0 aliphatic heterocycles. The van der Waals surface area contributed by atoms with E-state index < -0.39 is 0 Å². The number of hydrogen-bond donors (Lipinski definition) is 1. The van der Waals surface area contributed by atoms with Gasteiger partial charge in [0, 0.05) is 23.9 Å². The summed E-state index contributed by atoms with van der Waals surface area (Å²) in [7, 11) is 0. The third-order valence-electron chi connectivity index (χ3n) is 4.44. The fourth-order valence-electron chi connectivity index (χ4n) is 2.97. The minimum Gasteiger partial charge on any atom is -0.325 e. The average molecular weight is 428 g/mol. The van der Waals surface area contributed by atoms with Gasteiger partial charge in [-0.15, -0.1) is 11.3 Å². The number of aryl methyl sites for hydroxylation is 1. The van der Waals surface area contributed by atoms with Gasteiger partial charge < -0.3 is 5.32 Å².